The monoisotopic (exact) mass is 253 g/mol. The predicted molar refractivity (Wildman–Crippen MR) is 68.5 cm³/mol. The van der Waals surface area contributed by atoms with Gasteiger partial charge in [0.15, 0.2) is 5.78 Å². The smallest absolute Gasteiger partial charge is 0.306 e. The average Bonchev–Trinajstić information content (AvgIpc) is 2.28. The molecule has 0 spiro atoms. The first kappa shape index (κ1) is 13.6. The lowest BCUT2D eigenvalue weighted by Crippen LogP contribution is -2.17. The Hall–Kier alpha value is -1.49. The predicted octanol–water partition coefficient (Wildman–Crippen LogP) is 2.24. The lowest BCUT2D eigenvalue weighted by Gasteiger charge is -2.09. The minimum Gasteiger partial charge on any atom is -0.481 e. The molecule has 1 unspecified atom stereocenters. The highest BCUT2D eigenvalue weighted by molar-refractivity contribution is 7.80. The van der Waals surface area contributed by atoms with Crippen LogP contribution in [0.2, 0.25) is 0 Å². The molecule has 1 aromatic rings. The summed E-state index contributed by atoms with van der Waals surface area (Å²) in [5.41, 5.74) is 6.53. The highest BCUT2D eigenvalue weighted by Gasteiger charge is 2.20. The summed E-state index contributed by atoms with van der Waals surface area (Å²) in [7, 11) is 0. The van der Waals surface area contributed by atoms with Gasteiger partial charge in [0.05, 0.1) is 5.92 Å². The fourth-order valence-electron chi connectivity index (χ4n) is 1.47. The van der Waals surface area contributed by atoms with E-state index < -0.39 is 11.9 Å². The molecule has 1 rings (SSSR count). The number of anilines is 1. The summed E-state index contributed by atoms with van der Waals surface area (Å²) in [4.78, 5) is 23.2. The van der Waals surface area contributed by atoms with Crippen LogP contribution in [0.15, 0.2) is 23.1 Å². The molecular formula is C12H15NO3S. The van der Waals surface area contributed by atoms with Gasteiger partial charge in [-0.2, -0.15) is 0 Å². The van der Waals surface area contributed by atoms with Gasteiger partial charge in [-0.05, 0) is 24.6 Å². The molecule has 0 saturated carbocycles. The number of hydrogen-bond donors (Lipinski definition) is 3. The van der Waals surface area contributed by atoms with Crippen molar-refractivity contribution in [2.45, 2.75) is 24.7 Å². The van der Waals surface area contributed by atoms with E-state index in [2.05, 4.69) is 12.6 Å². The molecule has 0 heterocycles. The maximum Gasteiger partial charge on any atom is 0.306 e. The van der Waals surface area contributed by atoms with Crippen molar-refractivity contribution in [2.24, 2.45) is 5.92 Å². The maximum atomic E-state index is 11.8. The van der Waals surface area contributed by atoms with Crippen molar-refractivity contribution >= 4 is 30.1 Å². The molecule has 0 radical (unpaired) electrons. The normalized spacial score (nSPS) is 12.1. The largest absolute Gasteiger partial charge is 0.481 e. The molecule has 1 aromatic carbocycles. The molecule has 4 nitrogen and oxygen atoms in total. The second kappa shape index (κ2) is 5.72. The number of nitrogen functional groups attached to an aromatic ring is 1. The van der Waals surface area contributed by atoms with Crippen LogP contribution in [0.1, 0.15) is 30.1 Å². The number of benzene rings is 1. The Morgan fingerprint density at radius 2 is 2.12 bits per heavy atom. The molecule has 0 aliphatic heterocycles. The number of thiol groups is 1. The Bertz CT molecular complexity index is 445. The molecule has 0 amide bonds. The molecule has 1 atom stereocenters. The van der Waals surface area contributed by atoms with E-state index in [0.717, 1.165) is 0 Å². The Kier molecular flexibility index (Phi) is 4.57. The summed E-state index contributed by atoms with van der Waals surface area (Å²) in [6.45, 7) is 1.75. The van der Waals surface area contributed by atoms with E-state index >= 15 is 0 Å². The van der Waals surface area contributed by atoms with E-state index in [1.54, 1.807) is 25.1 Å². The summed E-state index contributed by atoms with van der Waals surface area (Å²) in [5.74, 6) is -1.78. The fraction of sp³-hybridized carbons (Fsp3) is 0.333. The van der Waals surface area contributed by atoms with Crippen LogP contribution in [0.25, 0.3) is 0 Å². The quantitative estimate of drug-likeness (QED) is 0.427. The van der Waals surface area contributed by atoms with E-state index in [9.17, 15) is 9.59 Å². The van der Waals surface area contributed by atoms with Crippen LogP contribution in [0.3, 0.4) is 0 Å². The van der Waals surface area contributed by atoms with Crippen LogP contribution in [0.5, 0.6) is 0 Å². The topological polar surface area (TPSA) is 80.4 Å². The summed E-state index contributed by atoms with van der Waals surface area (Å²) in [6.07, 6.45) is 0.437. The van der Waals surface area contributed by atoms with Gasteiger partial charge < -0.3 is 10.8 Å². The molecular weight excluding hydrogens is 238 g/mol. The molecule has 17 heavy (non-hydrogen) atoms. The number of ketones is 1. The highest BCUT2D eigenvalue weighted by Crippen LogP contribution is 2.20. The molecule has 0 saturated heterocycles. The molecule has 5 heteroatoms. The third-order valence-electron chi connectivity index (χ3n) is 2.63. The maximum absolute atomic E-state index is 11.8. The van der Waals surface area contributed by atoms with Gasteiger partial charge in [0, 0.05) is 22.6 Å². The van der Waals surface area contributed by atoms with Crippen LogP contribution in [0, 0.1) is 5.92 Å². The Morgan fingerprint density at radius 3 is 2.59 bits per heavy atom. The van der Waals surface area contributed by atoms with Crippen LogP contribution in [-0.2, 0) is 4.79 Å². The summed E-state index contributed by atoms with van der Waals surface area (Å²) in [5, 5.41) is 8.88. The van der Waals surface area contributed by atoms with Gasteiger partial charge in [0.1, 0.15) is 0 Å². The van der Waals surface area contributed by atoms with Gasteiger partial charge in [-0.25, -0.2) is 0 Å². The van der Waals surface area contributed by atoms with E-state index in [4.69, 9.17) is 10.8 Å². The standard InChI is InChI=1S/C12H15NO3S/c1-2-7(12(15)16)5-10(14)8-3-4-9(13)11(17)6-8/h3-4,6-7,17H,2,5,13H2,1H3,(H,15,16). The van der Waals surface area contributed by atoms with Crippen LogP contribution in [0.4, 0.5) is 5.69 Å². The number of carbonyl (C=O) groups is 2. The summed E-state index contributed by atoms with van der Waals surface area (Å²) < 4.78 is 0. The zero-order valence-electron chi connectivity index (χ0n) is 9.51. The molecule has 0 aromatic heterocycles. The minimum atomic E-state index is -0.942. The van der Waals surface area contributed by atoms with Crippen molar-refractivity contribution < 1.29 is 14.7 Å². The number of carboxylic acids is 1. The van der Waals surface area contributed by atoms with Crippen molar-refractivity contribution in [1.82, 2.24) is 0 Å². The fourth-order valence-corrected chi connectivity index (χ4v) is 1.68. The first-order valence-corrected chi connectivity index (χ1v) is 5.75. The van der Waals surface area contributed by atoms with Gasteiger partial charge >= 0.3 is 5.97 Å². The van der Waals surface area contributed by atoms with Crippen molar-refractivity contribution in [3.05, 3.63) is 23.8 Å². The van der Waals surface area contributed by atoms with Crippen molar-refractivity contribution in [1.29, 1.82) is 0 Å². The van der Waals surface area contributed by atoms with E-state index in [1.165, 1.54) is 0 Å². The number of aliphatic carboxylic acids is 1. The van der Waals surface area contributed by atoms with Crippen molar-refractivity contribution in [2.75, 3.05) is 5.73 Å². The number of rotatable bonds is 5. The van der Waals surface area contributed by atoms with Gasteiger partial charge in [-0.1, -0.05) is 6.92 Å². The van der Waals surface area contributed by atoms with E-state index in [0.29, 0.717) is 22.6 Å². The molecule has 0 fully saturated rings. The number of nitrogens with two attached hydrogens (primary N) is 1. The SMILES string of the molecule is CCC(CC(=O)c1ccc(N)c(S)c1)C(=O)O. The highest BCUT2D eigenvalue weighted by atomic mass is 32.1. The van der Waals surface area contributed by atoms with Crippen LogP contribution in [-0.4, -0.2) is 16.9 Å². The minimum absolute atomic E-state index is 0.00295. The van der Waals surface area contributed by atoms with Gasteiger partial charge in [-0.15, -0.1) is 12.6 Å². The lowest BCUT2D eigenvalue weighted by atomic mass is 9.96. The number of carbonyl (C=O) groups excluding carboxylic acids is 1. The molecule has 0 aliphatic rings. The van der Waals surface area contributed by atoms with Crippen LogP contribution >= 0.6 is 12.6 Å². The van der Waals surface area contributed by atoms with E-state index in [1.807, 2.05) is 0 Å². The summed E-state index contributed by atoms with van der Waals surface area (Å²) in [6, 6.07) is 4.75. The zero-order valence-corrected chi connectivity index (χ0v) is 10.4. The Labute approximate surface area is 105 Å². The van der Waals surface area contributed by atoms with Crippen molar-refractivity contribution in [3.63, 3.8) is 0 Å². The van der Waals surface area contributed by atoms with Crippen LogP contribution < -0.4 is 5.73 Å². The average molecular weight is 253 g/mol. The summed E-state index contributed by atoms with van der Waals surface area (Å²) >= 11 is 4.12. The van der Waals surface area contributed by atoms with E-state index in [-0.39, 0.29) is 12.2 Å². The Morgan fingerprint density at radius 1 is 1.47 bits per heavy atom. The molecule has 92 valence electrons. The molecule has 3 N–H and O–H groups in total. The first-order chi connectivity index (χ1) is 7.95. The van der Waals surface area contributed by atoms with Gasteiger partial charge in [0.25, 0.3) is 0 Å². The number of carboxylic acid groups (broad SMARTS) is 1. The number of hydrogen-bond acceptors (Lipinski definition) is 4. The second-order valence-corrected chi connectivity index (χ2v) is 4.33. The second-order valence-electron chi connectivity index (χ2n) is 3.84. The molecule has 0 bridgehead atoms. The third-order valence-corrected chi connectivity index (χ3v) is 3.01. The first-order valence-electron chi connectivity index (χ1n) is 5.30. The zero-order chi connectivity index (χ0) is 13.0. The van der Waals surface area contributed by atoms with Crippen molar-refractivity contribution in [3.8, 4) is 0 Å². The third kappa shape index (κ3) is 3.49. The number of Topliss-reactive ketones (excluding diaryl/α,β-unsaturated/α-hetero) is 1. The molecule has 0 aliphatic carbocycles. The lowest BCUT2D eigenvalue weighted by molar-refractivity contribution is -0.141. The van der Waals surface area contributed by atoms with Gasteiger partial charge in [-0.3, -0.25) is 9.59 Å². The Balaban J connectivity index is 2.82. The van der Waals surface area contributed by atoms with Gasteiger partial charge in [0.2, 0.25) is 0 Å².